The Morgan fingerprint density at radius 3 is 2.78 bits per heavy atom. The van der Waals surface area contributed by atoms with Crippen molar-refractivity contribution in [2.45, 2.75) is 13.0 Å². The van der Waals surface area contributed by atoms with E-state index in [2.05, 4.69) is 11.9 Å². The summed E-state index contributed by atoms with van der Waals surface area (Å²) in [4.78, 5) is 0. The first-order valence-corrected chi connectivity index (χ1v) is 3.22. The van der Waals surface area contributed by atoms with Crippen LogP contribution in [0.1, 0.15) is 6.92 Å². The normalized spacial score (nSPS) is 13.1. The van der Waals surface area contributed by atoms with Crippen LogP contribution in [-0.2, 0) is 4.74 Å². The van der Waals surface area contributed by atoms with E-state index in [1.807, 2.05) is 20.0 Å². The maximum absolute atomic E-state index is 5.14. The lowest BCUT2D eigenvalue weighted by molar-refractivity contribution is 0.136. The summed E-state index contributed by atoms with van der Waals surface area (Å²) in [5, 5.41) is 3.04. The van der Waals surface area contributed by atoms with Crippen LogP contribution in [0.3, 0.4) is 0 Å². The third-order valence-electron chi connectivity index (χ3n) is 1.16. The van der Waals surface area contributed by atoms with Gasteiger partial charge in [-0.25, -0.2) is 0 Å². The Balaban J connectivity index is 3.20. The molecule has 0 aliphatic rings. The van der Waals surface area contributed by atoms with E-state index < -0.39 is 0 Å². The predicted molar refractivity (Wildman–Crippen MR) is 39.5 cm³/mol. The van der Waals surface area contributed by atoms with Crippen molar-refractivity contribution in [3.05, 3.63) is 12.7 Å². The molecule has 0 heterocycles. The quantitative estimate of drug-likeness (QED) is 0.554. The van der Waals surface area contributed by atoms with E-state index in [-0.39, 0.29) is 0 Å². The molecule has 0 fully saturated rings. The summed E-state index contributed by atoms with van der Waals surface area (Å²) in [6.45, 7) is 7.11. The van der Waals surface area contributed by atoms with Crippen LogP contribution in [0, 0.1) is 0 Å². The minimum absolute atomic E-state index is 0.296. The molecule has 0 bridgehead atoms. The number of hydrogen-bond donors (Lipinski definition) is 1. The molecule has 2 nitrogen and oxygen atoms in total. The van der Waals surface area contributed by atoms with Crippen LogP contribution in [0.5, 0.6) is 0 Å². The minimum Gasteiger partial charge on any atom is -0.380 e. The Kier molecular flexibility index (Phi) is 5.57. The first-order valence-electron chi connectivity index (χ1n) is 3.22. The average molecular weight is 129 g/mol. The third kappa shape index (κ3) is 4.18. The lowest BCUT2D eigenvalue weighted by atomic mass is 10.3. The lowest BCUT2D eigenvalue weighted by Crippen LogP contribution is -2.27. The standard InChI is InChI=1S/C7H15NO/c1-4-7(8-3)6-9-5-2/h4,7-8H,1,5-6H2,2-3H3. The molecule has 0 rings (SSSR count). The van der Waals surface area contributed by atoms with E-state index >= 15 is 0 Å². The molecule has 1 unspecified atom stereocenters. The van der Waals surface area contributed by atoms with Gasteiger partial charge in [0.1, 0.15) is 0 Å². The van der Waals surface area contributed by atoms with E-state index in [0.717, 1.165) is 13.2 Å². The number of ether oxygens (including phenoxy) is 1. The number of hydrogen-bond acceptors (Lipinski definition) is 2. The monoisotopic (exact) mass is 129 g/mol. The van der Waals surface area contributed by atoms with Gasteiger partial charge in [-0.05, 0) is 14.0 Å². The fraction of sp³-hybridized carbons (Fsp3) is 0.714. The Morgan fingerprint density at radius 1 is 1.78 bits per heavy atom. The van der Waals surface area contributed by atoms with Gasteiger partial charge >= 0.3 is 0 Å². The molecule has 54 valence electrons. The molecule has 1 N–H and O–H groups in total. The number of likely N-dealkylation sites (N-methyl/N-ethyl adjacent to an activating group) is 1. The zero-order valence-electron chi connectivity index (χ0n) is 6.18. The molecular weight excluding hydrogens is 114 g/mol. The summed E-state index contributed by atoms with van der Waals surface area (Å²) in [7, 11) is 1.89. The zero-order chi connectivity index (χ0) is 7.11. The van der Waals surface area contributed by atoms with E-state index in [1.54, 1.807) is 0 Å². The predicted octanol–water partition coefficient (Wildman–Crippen LogP) is 0.797. The molecule has 0 aliphatic carbocycles. The second-order valence-corrected chi connectivity index (χ2v) is 1.79. The van der Waals surface area contributed by atoms with Gasteiger partial charge in [0.2, 0.25) is 0 Å². The highest BCUT2D eigenvalue weighted by Gasteiger charge is 1.96. The van der Waals surface area contributed by atoms with E-state index in [4.69, 9.17) is 4.74 Å². The summed E-state index contributed by atoms with van der Waals surface area (Å²) in [5.41, 5.74) is 0. The van der Waals surface area contributed by atoms with E-state index in [1.165, 1.54) is 0 Å². The summed E-state index contributed by atoms with van der Waals surface area (Å²) >= 11 is 0. The van der Waals surface area contributed by atoms with Crippen LogP contribution in [0.25, 0.3) is 0 Å². The van der Waals surface area contributed by atoms with Gasteiger partial charge in [-0.2, -0.15) is 0 Å². The molecule has 2 heteroatoms. The first kappa shape index (κ1) is 8.66. The Bertz CT molecular complexity index is 73.3. The molecule has 0 amide bonds. The summed E-state index contributed by atoms with van der Waals surface area (Å²) < 4.78 is 5.14. The van der Waals surface area contributed by atoms with Crippen LogP contribution in [0.15, 0.2) is 12.7 Å². The number of nitrogens with one attached hydrogen (secondary N) is 1. The van der Waals surface area contributed by atoms with Crippen LogP contribution in [-0.4, -0.2) is 26.3 Å². The van der Waals surface area contributed by atoms with Crippen LogP contribution < -0.4 is 5.32 Å². The molecule has 0 aromatic rings. The molecule has 1 atom stereocenters. The van der Waals surface area contributed by atoms with Gasteiger partial charge in [0, 0.05) is 12.6 Å². The second-order valence-electron chi connectivity index (χ2n) is 1.79. The molecule has 0 aliphatic heterocycles. The molecule has 0 aromatic carbocycles. The third-order valence-corrected chi connectivity index (χ3v) is 1.16. The molecule has 0 spiro atoms. The van der Waals surface area contributed by atoms with Crippen molar-refractivity contribution >= 4 is 0 Å². The Hall–Kier alpha value is -0.340. The minimum atomic E-state index is 0.296. The van der Waals surface area contributed by atoms with Crippen molar-refractivity contribution in [1.29, 1.82) is 0 Å². The fourth-order valence-electron chi connectivity index (χ4n) is 0.514. The van der Waals surface area contributed by atoms with Crippen molar-refractivity contribution in [3.63, 3.8) is 0 Å². The van der Waals surface area contributed by atoms with Gasteiger partial charge in [0.15, 0.2) is 0 Å². The van der Waals surface area contributed by atoms with Gasteiger partial charge in [0.05, 0.1) is 6.61 Å². The summed E-state index contributed by atoms with van der Waals surface area (Å²) in [6.07, 6.45) is 1.84. The largest absolute Gasteiger partial charge is 0.380 e. The highest BCUT2D eigenvalue weighted by Crippen LogP contribution is 1.84. The highest BCUT2D eigenvalue weighted by atomic mass is 16.5. The maximum Gasteiger partial charge on any atom is 0.0655 e. The summed E-state index contributed by atoms with van der Waals surface area (Å²) in [5.74, 6) is 0. The van der Waals surface area contributed by atoms with Crippen molar-refractivity contribution in [3.8, 4) is 0 Å². The van der Waals surface area contributed by atoms with Gasteiger partial charge in [0.25, 0.3) is 0 Å². The average Bonchev–Trinajstić information content (AvgIpc) is 1.91. The van der Waals surface area contributed by atoms with Crippen molar-refractivity contribution < 1.29 is 4.74 Å². The lowest BCUT2D eigenvalue weighted by Gasteiger charge is -2.09. The molecule has 0 saturated heterocycles. The van der Waals surface area contributed by atoms with Crippen molar-refractivity contribution in [2.75, 3.05) is 20.3 Å². The first-order chi connectivity index (χ1) is 4.35. The van der Waals surface area contributed by atoms with Gasteiger partial charge in [-0.1, -0.05) is 6.08 Å². The molecule has 9 heavy (non-hydrogen) atoms. The topological polar surface area (TPSA) is 21.3 Å². The number of rotatable bonds is 5. The van der Waals surface area contributed by atoms with Crippen molar-refractivity contribution in [2.24, 2.45) is 0 Å². The van der Waals surface area contributed by atoms with Crippen LogP contribution in [0.2, 0.25) is 0 Å². The highest BCUT2D eigenvalue weighted by molar-refractivity contribution is 4.83. The van der Waals surface area contributed by atoms with Crippen molar-refractivity contribution in [1.82, 2.24) is 5.32 Å². The van der Waals surface area contributed by atoms with Gasteiger partial charge in [-0.3, -0.25) is 0 Å². The SMILES string of the molecule is C=CC(COCC)NC. The van der Waals surface area contributed by atoms with Gasteiger partial charge < -0.3 is 10.1 Å². The zero-order valence-corrected chi connectivity index (χ0v) is 6.18. The molecule has 0 aromatic heterocycles. The van der Waals surface area contributed by atoms with Crippen LogP contribution >= 0.6 is 0 Å². The fourth-order valence-corrected chi connectivity index (χ4v) is 0.514. The van der Waals surface area contributed by atoms with E-state index in [9.17, 15) is 0 Å². The molecule has 0 saturated carbocycles. The maximum atomic E-state index is 5.14. The molecular formula is C7H15NO. The Morgan fingerprint density at radius 2 is 2.44 bits per heavy atom. The second kappa shape index (κ2) is 5.79. The smallest absolute Gasteiger partial charge is 0.0655 e. The van der Waals surface area contributed by atoms with E-state index in [0.29, 0.717) is 6.04 Å². The van der Waals surface area contributed by atoms with Crippen LogP contribution in [0.4, 0.5) is 0 Å². The molecule has 0 radical (unpaired) electrons. The summed E-state index contributed by atoms with van der Waals surface area (Å²) in [6, 6.07) is 0.296. The van der Waals surface area contributed by atoms with Gasteiger partial charge in [-0.15, -0.1) is 6.58 Å². The Labute approximate surface area is 56.9 Å².